The zero-order valence-corrected chi connectivity index (χ0v) is 27.5. The van der Waals surface area contributed by atoms with Crippen LogP contribution in [0, 0.1) is 0 Å². The Labute approximate surface area is 263 Å². The van der Waals surface area contributed by atoms with E-state index in [1.807, 2.05) is 36.5 Å². The van der Waals surface area contributed by atoms with Crippen LogP contribution < -0.4 is 0 Å². The molecule has 0 aliphatic carbocycles. The van der Waals surface area contributed by atoms with Crippen LogP contribution in [0.4, 0.5) is 11.4 Å². The van der Waals surface area contributed by atoms with E-state index in [-0.39, 0.29) is 16.5 Å². The molecular formula is C38H58N2Ni. The normalized spacial score (nSPS) is 11.9. The molecule has 0 N–H and O–H groups in total. The van der Waals surface area contributed by atoms with Crippen molar-refractivity contribution in [3.8, 4) is 0 Å². The standard InChI is InChI=1S/C38H58N2.Ni/c1-4-7-8-9-10-11-12-13-14-15-16-17-18-19-20-22-29-38(40-36-27-23-21-24-28-36)33-39-37-31-30-34(25-5-2)35(32-37)26-6-3;/h21-24,27-33H,4-20,25-26H2,1-3H3;/b29-22+,39-33?,40-38?;. The minimum Gasteiger partial charge on any atom is -0.255 e. The van der Waals surface area contributed by atoms with Crippen LogP contribution in [0.2, 0.25) is 0 Å². The second-order valence-corrected chi connectivity index (χ2v) is 11.4. The van der Waals surface area contributed by atoms with Gasteiger partial charge >= 0.3 is 0 Å². The fraction of sp³-hybridized carbons (Fsp3) is 0.579. The number of para-hydroxylation sites is 1. The van der Waals surface area contributed by atoms with E-state index in [1.54, 1.807) is 0 Å². The predicted molar refractivity (Wildman–Crippen MR) is 180 cm³/mol. The molecule has 0 saturated heterocycles. The maximum Gasteiger partial charge on any atom is 0.0816 e. The SMILES string of the molecule is CCCCCCCCCCCCCCCC/C=C/C(C=Nc1ccc(CCC)c(CCC)c1)=Nc1ccccc1.[Ni]. The Morgan fingerprint density at radius 3 is 1.73 bits per heavy atom. The van der Waals surface area contributed by atoms with Crippen LogP contribution in [0.5, 0.6) is 0 Å². The topological polar surface area (TPSA) is 24.7 Å². The molecule has 0 unspecified atom stereocenters. The fourth-order valence-electron chi connectivity index (χ4n) is 5.27. The van der Waals surface area contributed by atoms with Crippen molar-refractivity contribution in [1.82, 2.24) is 0 Å². The van der Waals surface area contributed by atoms with Crippen molar-refractivity contribution in [1.29, 1.82) is 0 Å². The summed E-state index contributed by atoms with van der Waals surface area (Å²) < 4.78 is 0. The second kappa shape index (κ2) is 25.7. The van der Waals surface area contributed by atoms with Gasteiger partial charge in [-0.2, -0.15) is 0 Å². The van der Waals surface area contributed by atoms with Crippen molar-refractivity contribution in [3.63, 3.8) is 0 Å². The van der Waals surface area contributed by atoms with Crippen molar-refractivity contribution in [2.45, 2.75) is 143 Å². The number of hydrogen-bond donors (Lipinski definition) is 0. The Kier molecular flexibility index (Phi) is 23.2. The van der Waals surface area contributed by atoms with Gasteiger partial charge in [0.1, 0.15) is 0 Å². The fourth-order valence-corrected chi connectivity index (χ4v) is 5.27. The number of hydrogen-bond acceptors (Lipinski definition) is 2. The van der Waals surface area contributed by atoms with Crippen LogP contribution in [-0.2, 0) is 29.3 Å². The molecule has 2 nitrogen and oxygen atoms in total. The van der Waals surface area contributed by atoms with Crippen LogP contribution in [-0.4, -0.2) is 11.9 Å². The van der Waals surface area contributed by atoms with Gasteiger partial charge < -0.3 is 0 Å². The van der Waals surface area contributed by atoms with Gasteiger partial charge in [-0.3, -0.25) is 4.99 Å². The number of allylic oxidation sites excluding steroid dienone is 2. The third kappa shape index (κ3) is 18.2. The smallest absolute Gasteiger partial charge is 0.0816 e. The molecule has 0 aliphatic heterocycles. The summed E-state index contributed by atoms with van der Waals surface area (Å²) in [5, 5.41) is 0. The molecule has 230 valence electrons. The van der Waals surface area contributed by atoms with Gasteiger partial charge in [0.25, 0.3) is 0 Å². The number of rotatable bonds is 23. The molecule has 2 aromatic rings. The Morgan fingerprint density at radius 2 is 1.15 bits per heavy atom. The summed E-state index contributed by atoms with van der Waals surface area (Å²) in [6.45, 7) is 6.79. The van der Waals surface area contributed by atoms with Crippen LogP contribution in [0.25, 0.3) is 0 Å². The van der Waals surface area contributed by atoms with Gasteiger partial charge in [0, 0.05) is 16.5 Å². The van der Waals surface area contributed by atoms with Crippen LogP contribution in [0.15, 0.2) is 70.7 Å². The second-order valence-electron chi connectivity index (χ2n) is 11.4. The summed E-state index contributed by atoms with van der Waals surface area (Å²) in [6.07, 6.45) is 31.7. The number of nitrogens with zero attached hydrogens (tertiary/aromatic N) is 2. The molecule has 0 aromatic heterocycles. The third-order valence-electron chi connectivity index (χ3n) is 7.60. The van der Waals surface area contributed by atoms with Crippen LogP contribution in [0.3, 0.4) is 0 Å². The van der Waals surface area contributed by atoms with Crippen molar-refractivity contribution in [3.05, 3.63) is 71.8 Å². The maximum absolute atomic E-state index is 4.87. The first kappa shape index (κ1) is 37.0. The Balaban J connectivity index is 0.00000840. The maximum atomic E-state index is 4.87. The van der Waals surface area contributed by atoms with Gasteiger partial charge in [0.2, 0.25) is 0 Å². The number of unbranched alkanes of at least 4 members (excludes halogenated alkanes) is 14. The van der Waals surface area contributed by atoms with E-state index in [0.717, 1.165) is 42.8 Å². The van der Waals surface area contributed by atoms with Crippen molar-refractivity contribution in [2.24, 2.45) is 9.98 Å². The molecule has 0 fully saturated rings. The quantitative estimate of drug-likeness (QED) is 0.0688. The average molecular weight is 602 g/mol. The summed E-state index contributed by atoms with van der Waals surface area (Å²) in [4.78, 5) is 9.70. The van der Waals surface area contributed by atoms with E-state index < -0.39 is 0 Å². The molecule has 0 heterocycles. The summed E-state index contributed by atoms with van der Waals surface area (Å²) in [7, 11) is 0. The minimum absolute atomic E-state index is 0. The van der Waals surface area contributed by atoms with E-state index in [0.29, 0.717) is 0 Å². The number of aliphatic imine (C=N–C) groups is 2. The summed E-state index contributed by atoms with van der Waals surface area (Å²) in [6, 6.07) is 16.9. The van der Waals surface area contributed by atoms with E-state index in [9.17, 15) is 0 Å². The van der Waals surface area contributed by atoms with Crippen LogP contribution in [0.1, 0.15) is 141 Å². The molecule has 0 saturated carbocycles. The van der Waals surface area contributed by atoms with Crippen molar-refractivity contribution >= 4 is 23.3 Å². The first-order valence-corrected chi connectivity index (χ1v) is 16.7. The van der Waals surface area contributed by atoms with Gasteiger partial charge in [-0.05, 0) is 67.2 Å². The first-order valence-electron chi connectivity index (χ1n) is 16.7. The monoisotopic (exact) mass is 600 g/mol. The average Bonchev–Trinajstić information content (AvgIpc) is 2.97. The molecule has 0 aliphatic rings. The van der Waals surface area contributed by atoms with Gasteiger partial charge in [-0.15, -0.1) is 0 Å². The molecule has 0 radical (unpaired) electrons. The van der Waals surface area contributed by atoms with Crippen molar-refractivity contribution in [2.75, 3.05) is 0 Å². The number of aryl methyl sites for hydroxylation is 2. The van der Waals surface area contributed by atoms with Crippen LogP contribution >= 0.6 is 0 Å². The summed E-state index contributed by atoms with van der Waals surface area (Å²) in [5.41, 5.74) is 5.80. The zero-order valence-electron chi connectivity index (χ0n) is 26.5. The van der Waals surface area contributed by atoms with Crippen molar-refractivity contribution < 1.29 is 16.5 Å². The number of benzene rings is 2. The Hall–Kier alpha value is -1.99. The van der Waals surface area contributed by atoms with Gasteiger partial charge in [-0.25, -0.2) is 4.99 Å². The molecular weight excluding hydrogens is 543 g/mol. The molecule has 2 rings (SSSR count). The van der Waals surface area contributed by atoms with E-state index in [2.05, 4.69) is 51.1 Å². The molecule has 41 heavy (non-hydrogen) atoms. The Bertz CT molecular complexity index is 977. The van der Waals surface area contributed by atoms with E-state index in [4.69, 9.17) is 9.98 Å². The molecule has 3 heteroatoms. The third-order valence-corrected chi connectivity index (χ3v) is 7.60. The Morgan fingerprint density at radius 1 is 0.585 bits per heavy atom. The first-order chi connectivity index (χ1) is 19.8. The van der Waals surface area contributed by atoms with E-state index in [1.165, 1.54) is 107 Å². The molecule has 0 bridgehead atoms. The van der Waals surface area contributed by atoms with Gasteiger partial charge in [0.05, 0.1) is 23.3 Å². The largest absolute Gasteiger partial charge is 0.255 e. The van der Waals surface area contributed by atoms with Gasteiger partial charge in [-0.1, -0.05) is 147 Å². The molecule has 0 atom stereocenters. The summed E-state index contributed by atoms with van der Waals surface area (Å²) in [5.74, 6) is 0. The summed E-state index contributed by atoms with van der Waals surface area (Å²) >= 11 is 0. The predicted octanol–water partition coefficient (Wildman–Crippen LogP) is 12.5. The minimum atomic E-state index is 0. The zero-order chi connectivity index (χ0) is 28.5. The van der Waals surface area contributed by atoms with Gasteiger partial charge in [0.15, 0.2) is 0 Å². The molecule has 0 spiro atoms. The molecule has 0 amide bonds. The van der Waals surface area contributed by atoms with E-state index >= 15 is 0 Å². The molecule has 2 aromatic carbocycles.